The average Bonchev–Trinajstić information content (AvgIpc) is 2.77. The first-order chi connectivity index (χ1) is 8.42. The average molecular weight is 297 g/mol. The lowest BCUT2D eigenvalue weighted by Gasteiger charge is -2.36. The summed E-state index contributed by atoms with van der Waals surface area (Å²) in [6.45, 7) is 0.531. The van der Waals surface area contributed by atoms with E-state index in [0.717, 1.165) is 19.3 Å². The van der Waals surface area contributed by atoms with Crippen LogP contribution in [0.5, 0.6) is 0 Å². The zero-order chi connectivity index (χ0) is 13.6. The number of sulfonamides is 1. The van der Waals surface area contributed by atoms with E-state index in [0.29, 0.717) is 18.8 Å². The van der Waals surface area contributed by atoms with Gasteiger partial charge in [-0.25, -0.2) is 13.1 Å². The summed E-state index contributed by atoms with van der Waals surface area (Å²) in [7, 11) is 0.921. The molecule has 0 saturated heterocycles. The summed E-state index contributed by atoms with van der Waals surface area (Å²) in [6.07, 6.45) is 5.90. The highest BCUT2D eigenvalue weighted by molar-refractivity contribution is 7.89. The van der Waals surface area contributed by atoms with Crippen LogP contribution in [0.2, 0.25) is 0 Å². The van der Waals surface area contributed by atoms with Crippen molar-refractivity contribution in [3.8, 4) is 0 Å². The van der Waals surface area contributed by atoms with Gasteiger partial charge in [-0.3, -0.25) is 0 Å². The molecule has 0 aliphatic heterocycles. The zero-order valence-electron chi connectivity index (χ0n) is 11.4. The first kappa shape index (κ1) is 16.2. The maximum absolute atomic E-state index is 11.9. The van der Waals surface area contributed by atoms with Gasteiger partial charge < -0.3 is 4.90 Å². The highest BCUT2D eigenvalue weighted by Crippen LogP contribution is 2.33. The number of unbranched alkanes of at least 4 members (excludes halogenated alkanes) is 1. The molecular weight excluding hydrogens is 272 g/mol. The van der Waals surface area contributed by atoms with E-state index in [9.17, 15) is 8.42 Å². The molecule has 0 heterocycles. The highest BCUT2D eigenvalue weighted by Gasteiger charge is 2.36. The SMILES string of the molecule is CN(C)C1(CNS(=O)(=O)CCCCCl)CCCC1. The molecule has 18 heavy (non-hydrogen) atoms. The molecule has 0 aromatic heterocycles. The fourth-order valence-electron chi connectivity index (χ4n) is 2.52. The number of alkyl halides is 1. The number of nitrogens with zero attached hydrogens (tertiary/aromatic N) is 1. The fourth-order valence-corrected chi connectivity index (χ4v) is 3.92. The predicted octanol–water partition coefficient (Wildman–Crippen LogP) is 1.80. The van der Waals surface area contributed by atoms with Gasteiger partial charge in [0.05, 0.1) is 5.75 Å². The molecule has 1 aliphatic rings. The third-order valence-electron chi connectivity index (χ3n) is 3.90. The largest absolute Gasteiger partial charge is 0.302 e. The Kier molecular flexibility index (Phi) is 6.38. The zero-order valence-corrected chi connectivity index (χ0v) is 13.0. The fraction of sp³-hybridized carbons (Fsp3) is 1.00. The normalized spacial score (nSPS) is 19.6. The molecule has 1 aliphatic carbocycles. The Morgan fingerprint density at radius 1 is 1.22 bits per heavy atom. The minimum Gasteiger partial charge on any atom is -0.302 e. The van der Waals surface area contributed by atoms with E-state index >= 15 is 0 Å². The lowest BCUT2D eigenvalue weighted by Crippen LogP contribution is -2.51. The summed E-state index contributed by atoms with van der Waals surface area (Å²) in [5.74, 6) is 0.709. The van der Waals surface area contributed by atoms with Crippen LogP contribution in [-0.4, -0.2) is 51.1 Å². The molecule has 1 fully saturated rings. The van der Waals surface area contributed by atoms with E-state index in [1.165, 1.54) is 12.8 Å². The Labute approximate surface area is 116 Å². The molecule has 108 valence electrons. The lowest BCUT2D eigenvalue weighted by atomic mass is 9.97. The molecule has 1 N–H and O–H groups in total. The third kappa shape index (κ3) is 4.68. The highest BCUT2D eigenvalue weighted by atomic mass is 35.5. The van der Waals surface area contributed by atoms with E-state index in [-0.39, 0.29) is 11.3 Å². The Morgan fingerprint density at radius 3 is 2.33 bits per heavy atom. The van der Waals surface area contributed by atoms with Gasteiger partial charge in [-0.2, -0.15) is 0 Å². The minimum absolute atomic E-state index is 0.0134. The number of nitrogens with one attached hydrogen (secondary N) is 1. The van der Waals surface area contributed by atoms with Gasteiger partial charge in [-0.15, -0.1) is 11.6 Å². The number of hydrogen-bond acceptors (Lipinski definition) is 3. The monoisotopic (exact) mass is 296 g/mol. The second kappa shape index (κ2) is 7.08. The number of hydrogen-bond donors (Lipinski definition) is 1. The van der Waals surface area contributed by atoms with Crippen molar-refractivity contribution in [2.45, 2.75) is 44.1 Å². The van der Waals surface area contributed by atoms with Crippen LogP contribution in [0.4, 0.5) is 0 Å². The first-order valence-electron chi connectivity index (χ1n) is 6.63. The molecule has 4 nitrogen and oxygen atoms in total. The van der Waals surface area contributed by atoms with Crippen LogP contribution in [-0.2, 0) is 10.0 Å². The van der Waals surface area contributed by atoms with Crippen molar-refractivity contribution in [3.63, 3.8) is 0 Å². The van der Waals surface area contributed by atoms with E-state index in [4.69, 9.17) is 11.6 Å². The van der Waals surface area contributed by atoms with Crippen molar-refractivity contribution in [1.82, 2.24) is 9.62 Å². The Bertz CT molecular complexity index is 338. The Balaban J connectivity index is 2.47. The topological polar surface area (TPSA) is 49.4 Å². The Morgan fingerprint density at radius 2 is 1.83 bits per heavy atom. The standard InChI is InChI=1S/C12H25ClN2O2S/c1-15(2)12(7-3-4-8-12)11-14-18(16,17)10-6-5-9-13/h14H,3-11H2,1-2H3. The van der Waals surface area contributed by atoms with Crippen LogP contribution in [0.1, 0.15) is 38.5 Å². The van der Waals surface area contributed by atoms with E-state index < -0.39 is 10.0 Å². The van der Waals surface area contributed by atoms with Gasteiger partial charge in [-0.05, 0) is 39.8 Å². The van der Waals surface area contributed by atoms with Crippen molar-refractivity contribution in [3.05, 3.63) is 0 Å². The summed E-state index contributed by atoms with van der Waals surface area (Å²) in [5, 5.41) is 0. The second-order valence-electron chi connectivity index (χ2n) is 5.36. The maximum atomic E-state index is 11.9. The van der Waals surface area contributed by atoms with Crippen molar-refractivity contribution < 1.29 is 8.42 Å². The molecule has 0 bridgehead atoms. The third-order valence-corrected chi connectivity index (χ3v) is 5.58. The van der Waals surface area contributed by atoms with Crippen LogP contribution in [0.15, 0.2) is 0 Å². The molecular formula is C12H25ClN2O2S. The maximum Gasteiger partial charge on any atom is 0.211 e. The Hall–Kier alpha value is 0.160. The summed E-state index contributed by atoms with van der Waals surface area (Å²) >= 11 is 5.55. The number of rotatable bonds is 8. The van der Waals surface area contributed by atoms with Gasteiger partial charge in [0, 0.05) is 18.0 Å². The van der Waals surface area contributed by atoms with Crippen LogP contribution >= 0.6 is 11.6 Å². The summed E-state index contributed by atoms with van der Waals surface area (Å²) in [4.78, 5) is 2.17. The molecule has 1 saturated carbocycles. The van der Waals surface area contributed by atoms with E-state index in [1.807, 2.05) is 14.1 Å². The van der Waals surface area contributed by atoms with Crippen LogP contribution < -0.4 is 4.72 Å². The van der Waals surface area contributed by atoms with Crippen molar-refractivity contribution >= 4 is 21.6 Å². The van der Waals surface area contributed by atoms with Crippen molar-refractivity contribution in [1.29, 1.82) is 0 Å². The second-order valence-corrected chi connectivity index (χ2v) is 7.67. The molecule has 0 radical (unpaired) electrons. The first-order valence-corrected chi connectivity index (χ1v) is 8.81. The van der Waals surface area contributed by atoms with Crippen molar-refractivity contribution in [2.75, 3.05) is 32.3 Å². The predicted molar refractivity (Wildman–Crippen MR) is 76.6 cm³/mol. The summed E-state index contributed by atoms with van der Waals surface area (Å²) < 4.78 is 26.5. The number of halogens is 1. The molecule has 0 amide bonds. The summed E-state index contributed by atoms with van der Waals surface area (Å²) in [5.41, 5.74) is 0.0134. The lowest BCUT2D eigenvalue weighted by molar-refractivity contribution is 0.162. The minimum atomic E-state index is -3.15. The van der Waals surface area contributed by atoms with Gasteiger partial charge in [0.25, 0.3) is 0 Å². The van der Waals surface area contributed by atoms with Gasteiger partial charge in [0.2, 0.25) is 10.0 Å². The molecule has 0 unspecified atom stereocenters. The number of likely N-dealkylation sites (N-methyl/N-ethyl adjacent to an activating group) is 1. The van der Waals surface area contributed by atoms with E-state index in [2.05, 4.69) is 9.62 Å². The quantitative estimate of drug-likeness (QED) is 0.549. The van der Waals surface area contributed by atoms with Crippen LogP contribution in [0.25, 0.3) is 0 Å². The van der Waals surface area contributed by atoms with Gasteiger partial charge in [0.15, 0.2) is 0 Å². The van der Waals surface area contributed by atoms with Gasteiger partial charge >= 0.3 is 0 Å². The molecule has 0 aromatic rings. The van der Waals surface area contributed by atoms with E-state index in [1.54, 1.807) is 0 Å². The van der Waals surface area contributed by atoms with Gasteiger partial charge in [-0.1, -0.05) is 12.8 Å². The van der Waals surface area contributed by atoms with Crippen molar-refractivity contribution in [2.24, 2.45) is 0 Å². The van der Waals surface area contributed by atoms with Gasteiger partial charge in [0.1, 0.15) is 0 Å². The van der Waals surface area contributed by atoms with Crippen LogP contribution in [0.3, 0.4) is 0 Å². The van der Waals surface area contributed by atoms with Crippen LogP contribution in [0, 0.1) is 0 Å². The smallest absolute Gasteiger partial charge is 0.211 e. The molecule has 0 aromatic carbocycles. The molecule has 0 atom stereocenters. The molecule has 6 heteroatoms. The molecule has 0 spiro atoms. The summed E-state index contributed by atoms with van der Waals surface area (Å²) in [6, 6.07) is 0. The molecule has 1 rings (SSSR count).